The van der Waals surface area contributed by atoms with E-state index in [1.807, 2.05) is 0 Å². The van der Waals surface area contributed by atoms with E-state index < -0.39 is 42.5 Å². The van der Waals surface area contributed by atoms with Crippen LogP contribution in [0.2, 0.25) is 0 Å². The maximum Gasteiger partial charge on any atom is 0.411 e. The third-order valence-electron chi connectivity index (χ3n) is 3.47. The van der Waals surface area contributed by atoms with Crippen molar-refractivity contribution >= 4 is 39.3 Å². The van der Waals surface area contributed by atoms with Crippen molar-refractivity contribution in [3.63, 3.8) is 0 Å². The Balaban J connectivity index is 2.20. The Morgan fingerprint density at radius 3 is 2.64 bits per heavy atom. The van der Waals surface area contributed by atoms with E-state index in [-0.39, 0.29) is 11.4 Å². The Bertz CT molecular complexity index is 692. The number of nitrogens with one attached hydrogen (secondary N) is 1. The lowest BCUT2D eigenvalue weighted by atomic mass is 10.1. The minimum atomic E-state index is -3.16. The van der Waals surface area contributed by atoms with Crippen LogP contribution < -0.4 is 11.1 Å². The number of nitrogens with two attached hydrogens (primary N) is 1. The fourth-order valence-electron chi connectivity index (χ4n) is 2.42. The maximum absolute atomic E-state index is 13.8. The van der Waals surface area contributed by atoms with Crippen LogP contribution in [0.5, 0.6) is 0 Å². The van der Waals surface area contributed by atoms with Gasteiger partial charge in [0.1, 0.15) is 11.6 Å². The largest absolute Gasteiger partial charge is 0.444 e. The van der Waals surface area contributed by atoms with Crippen LogP contribution in [0.1, 0.15) is 27.2 Å². The first-order chi connectivity index (χ1) is 11.4. The van der Waals surface area contributed by atoms with Crippen LogP contribution >= 0.6 is 15.9 Å². The highest BCUT2D eigenvalue weighted by Gasteiger charge is 2.51. The summed E-state index contributed by atoms with van der Waals surface area (Å²) in [7, 11) is 0. The lowest BCUT2D eigenvalue weighted by molar-refractivity contribution is -0.120. The highest BCUT2D eigenvalue weighted by atomic mass is 79.9. The summed E-state index contributed by atoms with van der Waals surface area (Å²) in [6.45, 7) is 4.00. The zero-order valence-electron chi connectivity index (χ0n) is 14.1. The zero-order chi connectivity index (χ0) is 19.0. The van der Waals surface area contributed by atoms with Gasteiger partial charge in [0.15, 0.2) is 0 Å². The topological polar surface area (TPSA) is 84.7 Å². The summed E-state index contributed by atoms with van der Waals surface area (Å²) in [6.07, 6.45) is -1.72. The van der Waals surface area contributed by atoms with Crippen molar-refractivity contribution in [3.8, 4) is 0 Å². The van der Waals surface area contributed by atoms with Crippen LogP contribution in [0.15, 0.2) is 22.7 Å². The smallest absolute Gasteiger partial charge is 0.411 e. The molecule has 0 bridgehead atoms. The van der Waals surface area contributed by atoms with Crippen molar-refractivity contribution < 1.29 is 23.1 Å². The molecule has 0 radical (unpaired) electrons. The van der Waals surface area contributed by atoms with Crippen molar-refractivity contribution in [3.05, 3.63) is 22.7 Å². The summed E-state index contributed by atoms with van der Waals surface area (Å²) in [5, 5.41) is 2.50. The number of hydrogen-bond donors (Lipinski definition) is 2. The van der Waals surface area contributed by atoms with E-state index in [4.69, 9.17) is 10.5 Å². The Morgan fingerprint density at radius 1 is 1.40 bits per heavy atom. The molecule has 9 heteroatoms. The Labute approximate surface area is 152 Å². The molecule has 2 amide bonds. The number of nitrogens with zero attached hydrogens (tertiary/aromatic N) is 1. The molecule has 0 unspecified atom stereocenters. The van der Waals surface area contributed by atoms with E-state index in [9.17, 15) is 18.4 Å². The van der Waals surface area contributed by atoms with Crippen LogP contribution in [0, 0.1) is 0 Å². The van der Waals surface area contributed by atoms with E-state index in [1.165, 1.54) is 0 Å². The monoisotopic (exact) mass is 419 g/mol. The van der Waals surface area contributed by atoms with Gasteiger partial charge in [-0.3, -0.25) is 9.69 Å². The van der Waals surface area contributed by atoms with Crippen LogP contribution in [0.4, 0.5) is 25.0 Å². The second-order valence-corrected chi connectivity index (χ2v) is 7.82. The number of benzene rings is 1. The van der Waals surface area contributed by atoms with E-state index in [0.717, 1.165) is 4.90 Å². The summed E-state index contributed by atoms with van der Waals surface area (Å²) in [5.74, 6) is -3.91. The molecule has 6 nitrogen and oxygen atoms in total. The first kappa shape index (κ1) is 19.4. The fraction of sp³-hybridized carbons (Fsp3) is 0.500. The van der Waals surface area contributed by atoms with Gasteiger partial charge in [-0.1, -0.05) is 15.9 Å². The maximum atomic E-state index is 13.8. The Kier molecular flexibility index (Phi) is 5.27. The minimum Gasteiger partial charge on any atom is -0.444 e. The summed E-state index contributed by atoms with van der Waals surface area (Å²) >= 11 is 3.24. The molecule has 0 spiro atoms. The van der Waals surface area contributed by atoms with Gasteiger partial charge in [-0.2, -0.15) is 0 Å². The lowest BCUT2D eigenvalue weighted by Gasteiger charge is -2.27. The first-order valence-electron chi connectivity index (χ1n) is 7.61. The zero-order valence-corrected chi connectivity index (χ0v) is 15.7. The van der Waals surface area contributed by atoms with Crippen molar-refractivity contribution in [2.45, 2.75) is 44.8 Å². The molecule has 0 aromatic heterocycles. The number of nitrogen functional groups attached to an aromatic ring is 1. The summed E-state index contributed by atoms with van der Waals surface area (Å²) in [6, 6.07) is 3.46. The number of halogens is 3. The standard InChI is InChI=1S/C16H20BrF2N3O3/c1-15(2,3)25-14(24)22-8-16(18,19)7-12(22)13(23)21-11-6-9(17)4-5-10(11)20/h4-6,12H,7-8,20H2,1-3H3,(H,21,23)/t12-/m0/s1. The van der Waals surface area contributed by atoms with Gasteiger partial charge in [0, 0.05) is 10.9 Å². The van der Waals surface area contributed by atoms with Crippen molar-refractivity contribution in [1.82, 2.24) is 4.90 Å². The Morgan fingerprint density at radius 2 is 2.04 bits per heavy atom. The van der Waals surface area contributed by atoms with E-state index >= 15 is 0 Å². The molecule has 0 aliphatic carbocycles. The summed E-state index contributed by atoms with van der Waals surface area (Å²) < 4.78 is 33.4. The average molecular weight is 420 g/mol. The number of anilines is 2. The predicted molar refractivity (Wildman–Crippen MR) is 93.5 cm³/mol. The van der Waals surface area contributed by atoms with Crippen molar-refractivity contribution in [1.29, 1.82) is 0 Å². The number of carbonyl (C=O) groups excluding carboxylic acids is 2. The number of ether oxygens (including phenoxy) is 1. The highest BCUT2D eigenvalue weighted by Crippen LogP contribution is 2.34. The van der Waals surface area contributed by atoms with Crippen LogP contribution in [-0.2, 0) is 9.53 Å². The second-order valence-electron chi connectivity index (χ2n) is 6.90. The van der Waals surface area contributed by atoms with Gasteiger partial charge >= 0.3 is 6.09 Å². The van der Waals surface area contributed by atoms with Gasteiger partial charge in [0.2, 0.25) is 5.91 Å². The molecule has 1 heterocycles. The molecule has 2 rings (SSSR count). The molecular formula is C16H20BrF2N3O3. The number of alkyl halides is 2. The van der Waals surface area contributed by atoms with E-state index in [0.29, 0.717) is 4.47 Å². The van der Waals surface area contributed by atoms with Crippen molar-refractivity contribution in [2.24, 2.45) is 0 Å². The van der Waals surface area contributed by atoms with Gasteiger partial charge in [0.25, 0.3) is 5.92 Å². The fourth-order valence-corrected chi connectivity index (χ4v) is 2.78. The molecule has 138 valence electrons. The SMILES string of the molecule is CC(C)(C)OC(=O)N1CC(F)(F)C[C@H]1C(=O)Nc1cc(Br)ccc1N. The molecule has 1 saturated heterocycles. The number of rotatable bonds is 2. The van der Waals surface area contributed by atoms with Gasteiger partial charge in [-0.05, 0) is 39.0 Å². The van der Waals surface area contributed by atoms with Gasteiger partial charge in [0.05, 0.1) is 17.9 Å². The molecule has 25 heavy (non-hydrogen) atoms. The van der Waals surface area contributed by atoms with E-state index in [2.05, 4.69) is 21.2 Å². The second kappa shape index (κ2) is 6.78. The van der Waals surface area contributed by atoms with Gasteiger partial charge < -0.3 is 15.8 Å². The molecular weight excluding hydrogens is 400 g/mol. The lowest BCUT2D eigenvalue weighted by Crippen LogP contribution is -2.45. The molecule has 1 atom stereocenters. The van der Waals surface area contributed by atoms with Crippen LogP contribution in [0.25, 0.3) is 0 Å². The third kappa shape index (κ3) is 5.04. The number of amides is 2. The average Bonchev–Trinajstić information content (AvgIpc) is 2.77. The van der Waals surface area contributed by atoms with E-state index in [1.54, 1.807) is 39.0 Å². The number of likely N-dealkylation sites (tertiary alicyclic amines) is 1. The third-order valence-corrected chi connectivity index (χ3v) is 3.97. The molecule has 0 saturated carbocycles. The van der Waals surface area contributed by atoms with Crippen molar-refractivity contribution in [2.75, 3.05) is 17.6 Å². The molecule has 1 aromatic carbocycles. The van der Waals surface area contributed by atoms with Gasteiger partial charge in [-0.15, -0.1) is 0 Å². The first-order valence-corrected chi connectivity index (χ1v) is 8.41. The molecule has 1 aliphatic heterocycles. The molecule has 1 aliphatic rings. The molecule has 1 aromatic rings. The predicted octanol–water partition coefficient (Wildman–Crippen LogP) is 3.61. The normalized spacial score (nSPS) is 19.6. The van der Waals surface area contributed by atoms with Crippen LogP contribution in [-0.4, -0.2) is 41.0 Å². The summed E-state index contributed by atoms with van der Waals surface area (Å²) in [5.41, 5.74) is 5.48. The van der Waals surface area contributed by atoms with Crippen LogP contribution in [0.3, 0.4) is 0 Å². The number of carbonyl (C=O) groups is 2. The quantitative estimate of drug-likeness (QED) is 0.716. The number of hydrogen-bond acceptors (Lipinski definition) is 4. The molecule has 3 N–H and O–H groups in total. The summed E-state index contributed by atoms with van der Waals surface area (Å²) in [4.78, 5) is 25.4. The Hall–Kier alpha value is -1.90. The van der Waals surface area contributed by atoms with Gasteiger partial charge in [-0.25, -0.2) is 13.6 Å². The minimum absolute atomic E-state index is 0.277. The highest BCUT2D eigenvalue weighted by molar-refractivity contribution is 9.10. The molecule has 1 fully saturated rings.